The molecule has 1 aliphatic rings. The highest BCUT2D eigenvalue weighted by Crippen LogP contribution is 2.28. The average Bonchev–Trinajstić information content (AvgIpc) is 2.69. The van der Waals surface area contributed by atoms with Crippen LogP contribution in [0.5, 0.6) is 0 Å². The second-order valence-corrected chi connectivity index (χ2v) is 6.58. The molecule has 1 aromatic heterocycles. The molecule has 0 spiro atoms. The van der Waals surface area contributed by atoms with E-state index in [1.165, 1.54) is 36.5 Å². The van der Waals surface area contributed by atoms with E-state index < -0.39 is 0 Å². The molecule has 1 N–H and O–H groups in total. The number of nitrogens with zero attached hydrogens (tertiary/aromatic N) is 1. The molecule has 0 amide bonds. The molecule has 0 aromatic carbocycles. The Balaban J connectivity index is 1.96. The zero-order valence-corrected chi connectivity index (χ0v) is 11.9. The predicted molar refractivity (Wildman–Crippen MR) is 75.4 cm³/mol. The van der Waals surface area contributed by atoms with Gasteiger partial charge >= 0.3 is 0 Å². The largest absolute Gasteiger partial charge is 0.374 e. The van der Waals surface area contributed by atoms with E-state index in [1.807, 2.05) is 18.7 Å². The smallest absolute Gasteiger partial charge is 0.164 e. The van der Waals surface area contributed by atoms with E-state index in [2.05, 4.69) is 9.69 Å². The van der Waals surface area contributed by atoms with Crippen molar-refractivity contribution in [2.45, 2.75) is 38.4 Å². The highest BCUT2D eigenvalue weighted by atomic mass is 32.2. The van der Waals surface area contributed by atoms with E-state index in [1.54, 1.807) is 6.92 Å². The van der Waals surface area contributed by atoms with Crippen molar-refractivity contribution in [2.75, 3.05) is 17.6 Å². The van der Waals surface area contributed by atoms with Crippen LogP contribution in [0.25, 0.3) is 0 Å². The lowest BCUT2D eigenvalue weighted by Crippen LogP contribution is -2.20. The molecule has 1 aliphatic heterocycles. The normalized spacial score (nSPS) is 20.2. The molecule has 0 bridgehead atoms. The minimum absolute atomic E-state index is 0.107. The van der Waals surface area contributed by atoms with Gasteiger partial charge in [-0.15, -0.1) is 0 Å². The van der Waals surface area contributed by atoms with Crippen LogP contribution in [0.4, 0.5) is 5.00 Å². The SMILES string of the molecule is CC(=O)c1c(C)nsc1NCC1CCCCS1. The van der Waals surface area contributed by atoms with Crippen LogP contribution in [0.1, 0.15) is 42.2 Å². The van der Waals surface area contributed by atoms with Crippen molar-refractivity contribution in [2.24, 2.45) is 0 Å². The van der Waals surface area contributed by atoms with Gasteiger partial charge in [-0.3, -0.25) is 4.79 Å². The number of rotatable bonds is 4. The Morgan fingerprint density at radius 3 is 3.00 bits per heavy atom. The summed E-state index contributed by atoms with van der Waals surface area (Å²) in [7, 11) is 0. The van der Waals surface area contributed by atoms with Crippen molar-refractivity contribution in [3.63, 3.8) is 0 Å². The minimum atomic E-state index is 0.107. The third-order valence-electron chi connectivity index (χ3n) is 2.98. The maximum Gasteiger partial charge on any atom is 0.164 e. The number of nitrogens with one attached hydrogen (secondary N) is 1. The van der Waals surface area contributed by atoms with Crippen molar-refractivity contribution in [3.05, 3.63) is 11.3 Å². The van der Waals surface area contributed by atoms with Crippen LogP contribution in [0, 0.1) is 6.92 Å². The highest BCUT2D eigenvalue weighted by Gasteiger charge is 2.17. The molecule has 1 atom stereocenters. The molecular weight excluding hydrogens is 252 g/mol. The fraction of sp³-hybridized carbons (Fsp3) is 0.667. The van der Waals surface area contributed by atoms with E-state index in [0.29, 0.717) is 5.25 Å². The Hall–Kier alpha value is -0.550. The van der Waals surface area contributed by atoms with Crippen molar-refractivity contribution in [1.82, 2.24) is 4.37 Å². The molecule has 17 heavy (non-hydrogen) atoms. The van der Waals surface area contributed by atoms with Crippen LogP contribution < -0.4 is 5.32 Å². The molecule has 1 unspecified atom stereocenters. The molecule has 0 aliphatic carbocycles. The molecule has 1 saturated heterocycles. The Morgan fingerprint density at radius 1 is 1.53 bits per heavy atom. The first kappa shape index (κ1) is 12.9. The molecule has 94 valence electrons. The number of ketones is 1. The molecule has 1 aromatic rings. The summed E-state index contributed by atoms with van der Waals surface area (Å²) in [6.07, 6.45) is 3.96. The number of Topliss-reactive ketones (excluding diaryl/α,β-unsaturated/α-hetero) is 1. The Kier molecular flexibility index (Phi) is 4.45. The monoisotopic (exact) mass is 270 g/mol. The van der Waals surface area contributed by atoms with Gasteiger partial charge in [-0.25, -0.2) is 0 Å². The first-order valence-electron chi connectivity index (χ1n) is 6.01. The zero-order chi connectivity index (χ0) is 12.3. The molecule has 5 heteroatoms. The molecule has 0 saturated carbocycles. The summed E-state index contributed by atoms with van der Waals surface area (Å²) in [5.41, 5.74) is 1.62. The Morgan fingerprint density at radius 2 is 2.35 bits per heavy atom. The fourth-order valence-corrected chi connectivity index (χ4v) is 4.17. The molecule has 2 heterocycles. The minimum Gasteiger partial charge on any atom is -0.374 e. The fourth-order valence-electron chi connectivity index (χ4n) is 2.08. The second kappa shape index (κ2) is 5.87. The van der Waals surface area contributed by atoms with Crippen LogP contribution in [0.3, 0.4) is 0 Å². The van der Waals surface area contributed by atoms with E-state index in [4.69, 9.17) is 0 Å². The van der Waals surface area contributed by atoms with Crippen LogP contribution in [0.2, 0.25) is 0 Å². The number of carbonyl (C=O) groups is 1. The van der Waals surface area contributed by atoms with Crippen LogP contribution in [-0.4, -0.2) is 27.7 Å². The van der Waals surface area contributed by atoms with E-state index in [9.17, 15) is 4.79 Å². The van der Waals surface area contributed by atoms with Gasteiger partial charge in [0.2, 0.25) is 0 Å². The van der Waals surface area contributed by atoms with Gasteiger partial charge in [-0.2, -0.15) is 16.1 Å². The van der Waals surface area contributed by atoms with Crippen molar-refractivity contribution in [1.29, 1.82) is 0 Å². The third-order valence-corrected chi connectivity index (χ3v) is 5.27. The van der Waals surface area contributed by atoms with Gasteiger partial charge in [-0.05, 0) is 44.0 Å². The molecular formula is C12H18N2OS2. The number of aryl methyl sites for hydroxylation is 1. The number of hydrogen-bond donors (Lipinski definition) is 1. The van der Waals surface area contributed by atoms with Crippen molar-refractivity contribution in [3.8, 4) is 0 Å². The standard InChI is InChI=1S/C12H18N2OS2/c1-8-11(9(2)15)12(17-14-8)13-7-10-5-3-4-6-16-10/h10,13H,3-7H2,1-2H3. The van der Waals surface area contributed by atoms with E-state index in [-0.39, 0.29) is 5.78 Å². The van der Waals surface area contributed by atoms with Gasteiger partial charge in [0, 0.05) is 11.8 Å². The van der Waals surface area contributed by atoms with Gasteiger partial charge in [0.05, 0.1) is 11.3 Å². The van der Waals surface area contributed by atoms with Crippen LogP contribution in [0.15, 0.2) is 0 Å². The summed E-state index contributed by atoms with van der Waals surface area (Å²) in [4.78, 5) is 11.5. The predicted octanol–water partition coefficient (Wildman–Crippen LogP) is 3.35. The third kappa shape index (κ3) is 3.22. The topological polar surface area (TPSA) is 42.0 Å². The van der Waals surface area contributed by atoms with Gasteiger partial charge in [0.1, 0.15) is 5.00 Å². The summed E-state index contributed by atoms with van der Waals surface area (Å²) in [5.74, 6) is 1.38. The lowest BCUT2D eigenvalue weighted by Gasteiger charge is -2.21. The van der Waals surface area contributed by atoms with Crippen molar-refractivity contribution < 1.29 is 4.79 Å². The number of aromatic nitrogens is 1. The number of anilines is 1. The average molecular weight is 270 g/mol. The quantitative estimate of drug-likeness (QED) is 0.852. The Bertz CT molecular complexity index is 397. The zero-order valence-electron chi connectivity index (χ0n) is 10.3. The van der Waals surface area contributed by atoms with Gasteiger partial charge in [0.15, 0.2) is 5.78 Å². The number of hydrogen-bond acceptors (Lipinski definition) is 5. The number of carbonyl (C=O) groups excluding carboxylic acids is 1. The molecule has 2 rings (SSSR count). The van der Waals surface area contributed by atoms with Gasteiger partial charge in [-0.1, -0.05) is 6.42 Å². The first-order valence-corrected chi connectivity index (χ1v) is 7.83. The maximum absolute atomic E-state index is 11.5. The summed E-state index contributed by atoms with van der Waals surface area (Å²) in [6, 6.07) is 0. The molecule has 1 fully saturated rings. The van der Waals surface area contributed by atoms with E-state index in [0.717, 1.165) is 22.8 Å². The number of thioether (sulfide) groups is 1. The van der Waals surface area contributed by atoms with Crippen LogP contribution in [-0.2, 0) is 0 Å². The van der Waals surface area contributed by atoms with Crippen molar-refractivity contribution >= 4 is 34.1 Å². The first-order chi connectivity index (χ1) is 8.18. The lowest BCUT2D eigenvalue weighted by atomic mass is 10.1. The van der Waals surface area contributed by atoms with Gasteiger partial charge < -0.3 is 5.32 Å². The van der Waals surface area contributed by atoms with Crippen LogP contribution >= 0.6 is 23.3 Å². The van der Waals surface area contributed by atoms with E-state index >= 15 is 0 Å². The molecule has 0 radical (unpaired) electrons. The second-order valence-electron chi connectivity index (χ2n) is 4.40. The highest BCUT2D eigenvalue weighted by molar-refractivity contribution is 7.99. The summed E-state index contributed by atoms with van der Waals surface area (Å²) in [5, 5.41) is 5.03. The van der Waals surface area contributed by atoms with Gasteiger partial charge in [0.25, 0.3) is 0 Å². The lowest BCUT2D eigenvalue weighted by molar-refractivity contribution is 0.101. The molecule has 3 nitrogen and oxygen atoms in total. The summed E-state index contributed by atoms with van der Waals surface area (Å²) < 4.78 is 4.25. The summed E-state index contributed by atoms with van der Waals surface area (Å²) in [6.45, 7) is 4.46. The summed E-state index contributed by atoms with van der Waals surface area (Å²) >= 11 is 3.44. The Labute approximate surface area is 111 Å². The maximum atomic E-state index is 11.5.